The first-order chi connectivity index (χ1) is 7.59. The van der Waals surface area contributed by atoms with E-state index in [1.165, 1.54) is 12.1 Å². The van der Waals surface area contributed by atoms with E-state index < -0.39 is 10.8 Å². The predicted molar refractivity (Wildman–Crippen MR) is 65.5 cm³/mol. The highest BCUT2D eigenvalue weighted by Gasteiger charge is 2.03. The third-order valence-corrected chi connectivity index (χ3v) is 3.72. The Hall–Kier alpha value is -0.740. The Morgan fingerprint density at radius 3 is 2.38 bits per heavy atom. The molecule has 1 atom stereocenters. The molecule has 0 fully saturated rings. The van der Waals surface area contributed by atoms with Gasteiger partial charge in [-0.3, -0.25) is 4.21 Å². The largest absolute Gasteiger partial charge is 0.309 e. The Morgan fingerprint density at radius 2 is 1.81 bits per heavy atom. The highest BCUT2D eigenvalue weighted by atomic mass is 32.2. The van der Waals surface area contributed by atoms with Gasteiger partial charge in [0, 0.05) is 10.6 Å². The van der Waals surface area contributed by atoms with Crippen molar-refractivity contribution < 1.29 is 8.60 Å². The molecule has 0 aliphatic rings. The van der Waals surface area contributed by atoms with E-state index in [0.717, 1.165) is 19.4 Å². The summed E-state index contributed by atoms with van der Waals surface area (Å²) in [5.41, 5.74) is 0. The highest BCUT2D eigenvalue weighted by Crippen LogP contribution is 2.09. The van der Waals surface area contributed by atoms with Crippen LogP contribution in [-0.4, -0.2) is 35.5 Å². The minimum atomic E-state index is -0.992. The highest BCUT2D eigenvalue weighted by molar-refractivity contribution is 7.85. The Kier molecular flexibility index (Phi) is 5.63. The molecule has 1 aromatic carbocycles. The lowest BCUT2D eigenvalue weighted by atomic mass is 10.3. The zero-order valence-corrected chi connectivity index (χ0v) is 10.6. The fourth-order valence-corrected chi connectivity index (χ4v) is 2.51. The van der Waals surface area contributed by atoms with Crippen LogP contribution in [0, 0.1) is 5.82 Å². The standard InChI is InChI=1S/C12H18FNOS/c1-14(2)9-3-4-10-16(15)12-7-5-11(13)6-8-12/h5-8H,3-4,9-10H2,1-2H3. The molecule has 0 amide bonds. The van der Waals surface area contributed by atoms with Crippen molar-refractivity contribution in [1.29, 1.82) is 0 Å². The van der Waals surface area contributed by atoms with Crippen LogP contribution in [0.15, 0.2) is 29.2 Å². The Labute approximate surface area is 98.9 Å². The summed E-state index contributed by atoms with van der Waals surface area (Å²) in [6, 6.07) is 5.90. The smallest absolute Gasteiger partial charge is 0.123 e. The van der Waals surface area contributed by atoms with Crippen molar-refractivity contribution in [3.63, 3.8) is 0 Å². The molecule has 16 heavy (non-hydrogen) atoms. The van der Waals surface area contributed by atoms with E-state index in [0.29, 0.717) is 10.6 Å². The maximum Gasteiger partial charge on any atom is 0.123 e. The van der Waals surface area contributed by atoms with Gasteiger partial charge < -0.3 is 4.90 Å². The van der Waals surface area contributed by atoms with Crippen molar-refractivity contribution in [1.82, 2.24) is 4.90 Å². The lowest BCUT2D eigenvalue weighted by molar-refractivity contribution is 0.398. The molecule has 4 heteroatoms. The van der Waals surface area contributed by atoms with Crippen molar-refractivity contribution in [2.75, 3.05) is 26.4 Å². The number of halogens is 1. The lowest BCUT2D eigenvalue weighted by Gasteiger charge is -2.08. The molecule has 1 aromatic rings. The van der Waals surface area contributed by atoms with Crippen LogP contribution in [0.4, 0.5) is 4.39 Å². The predicted octanol–water partition coefficient (Wildman–Crippen LogP) is 2.28. The molecule has 2 nitrogen and oxygen atoms in total. The number of rotatable bonds is 6. The Balaban J connectivity index is 2.32. The summed E-state index contributed by atoms with van der Waals surface area (Å²) in [6.07, 6.45) is 1.97. The summed E-state index contributed by atoms with van der Waals surface area (Å²) >= 11 is 0. The van der Waals surface area contributed by atoms with E-state index in [9.17, 15) is 8.60 Å². The molecule has 0 aliphatic heterocycles. The molecule has 0 saturated carbocycles. The second kappa shape index (κ2) is 6.76. The molecular formula is C12H18FNOS. The average Bonchev–Trinajstić information content (AvgIpc) is 2.25. The van der Waals surface area contributed by atoms with Crippen molar-refractivity contribution >= 4 is 10.8 Å². The number of unbranched alkanes of at least 4 members (excludes halogenated alkanes) is 1. The van der Waals surface area contributed by atoms with Gasteiger partial charge in [-0.05, 0) is 57.7 Å². The second-order valence-corrected chi connectivity index (χ2v) is 5.58. The van der Waals surface area contributed by atoms with Gasteiger partial charge in [-0.15, -0.1) is 0 Å². The topological polar surface area (TPSA) is 20.3 Å². The van der Waals surface area contributed by atoms with Gasteiger partial charge in [0.05, 0.1) is 10.8 Å². The fraction of sp³-hybridized carbons (Fsp3) is 0.500. The SMILES string of the molecule is CN(C)CCCCS(=O)c1ccc(F)cc1. The van der Waals surface area contributed by atoms with E-state index in [1.807, 2.05) is 14.1 Å². The van der Waals surface area contributed by atoms with Crippen LogP contribution in [-0.2, 0) is 10.8 Å². The Morgan fingerprint density at radius 1 is 1.19 bits per heavy atom. The molecule has 0 spiro atoms. The van der Waals surface area contributed by atoms with Crippen LogP contribution in [0.1, 0.15) is 12.8 Å². The van der Waals surface area contributed by atoms with Gasteiger partial charge in [0.1, 0.15) is 5.82 Å². The molecule has 1 rings (SSSR count). The minimum absolute atomic E-state index is 0.284. The first kappa shape index (κ1) is 13.3. The zero-order valence-electron chi connectivity index (χ0n) is 9.78. The van der Waals surface area contributed by atoms with E-state index in [-0.39, 0.29) is 5.82 Å². The van der Waals surface area contributed by atoms with E-state index in [2.05, 4.69) is 4.90 Å². The van der Waals surface area contributed by atoms with Gasteiger partial charge in [0.15, 0.2) is 0 Å². The summed E-state index contributed by atoms with van der Waals surface area (Å²) < 4.78 is 24.4. The number of hydrogen-bond donors (Lipinski definition) is 0. The third-order valence-electron chi connectivity index (χ3n) is 2.26. The molecule has 0 bridgehead atoms. The molecule has 0 aromatic heterocycles. The van der Waals surface area contributed by atoms with Crippen LogP contribution in [0.5, 0.6) is 0 Å². The quantitative estimate of drug-likeness (QED) is 0.714. The first-order valence-corrected chi connectivity index (χ1v) is 6.70. The zero-order chi connectivity index (χ0) is 12.0. The van der Waals surface area contributed by atoms with Crippen LogP contribution in [0.25, 0.3) is 0 Å². The summed E-state index contributed by atoms with van der Waals surface area (Å²) in [5.74, 6) is 0.368. The third kappa shape index (κ3) is 4.86. The first-order valence-electron chi connectivity index (χ1n) is 5.38. The van der Waals surface area contributed by atoms with Crippen LogP contribution < -0.4 is 0 Å². The molecule has 0 aliphatic carbocycles. The van der Waals surface area contributed by atoms with E-state index >= 15 is 0 Å². The van der Waals surface area contributed by atoms with Crippen molar-refractivity contribution in [2.45, 2.75) is 17.7 Å². The maximum absolute atomic E-state index is 12.6. The average molecular weight is 243 g/mol. The molecule has 90 valence electrons. The van der Waals surface area contributed by atoms with Crippen LogP contribution in [0.3, 0.4) is 0 Å². The number of nitrogens with zero attached hydrogens (tertiary/aromatic N) is 1. The van der Waals surface area contributed by atoms with E-state index in [4.69, 9.17) is 0 Å². The van der Waals surface area contributed by atoms with Crippen molar-refractivity contribution in [3.05, 3.63) is 30.1 Å². The molecule has 0 heterocycles. The molecule has 0 saturated heterocycles. The van der Waals surface area contributed by atoms with Gasteiger partial charge >= 0.3 is 0 Å². The van der Waals surface area contributed by atoms with Gasteiger partial charge in [-0.1, -0.05) is 0 Å². The Bertz CT molecular complexity index is 337. The van der Waals surface area contributed by atoms with E-state index in [1.54, 1.807) is 12.1 Å². The van der Waals surface area contributed by atoms with Crippen LogP contribution >= 0.6 is 0 Å². The van der Waals surface area contributed by atoms with Gasteiger partial charge in [-0.2, -0.15) is 0 Å². The number of hydrogen-bond acceptors (Lipinski definition) is 2. The second-order valence-electron chi connectivity index (χ2n) is 4.01. The monoisotopic (exact) mass is 243 g/mol. The summed E-state index contributed by atoms with van der Waals surface area (Å²) in [5, 5.41) is 0. The van der Waals surface area contributed by atoms with Crippen LogP contribution in [0.2, 0.25) is 0 Å². The summed E-state index contributed by atoms with van der Waals surface area (Å²) in [4.78, 5) is 2.83. The molecule has 1 unspecified atom stereocenters. The summed E-state index contributed by atoms with van der Waals surface area (Å²) in [7, 11) is 3.06. The normalized spacial score (nSPS) is 13.0. The van der Waals surface area contributed by atoms with Gasteiger partial charge in [0.2, 0.25) is 0 Å². The summed E-state index contributed by atoms with van der Waals surface area (Å²) in [6.45, 7) is 1.01. The molecule has 0 radical (unpaired) electrons. The molecular weight excluding hydrogens is 225 g/mol. The van der Waals surface area contributed by atoms with Gasteiger partial charge in [-0.25, -0.2) is 4.39 Å². The fourth-order valence-electron chi connectivity index (χ4n) is 1.37. The van der Waals surface area contributed by atoms with Crippen molar-refractivity contribution in [3.8, 4) is 0 Å². The number of benzene rings is 1. The maximum atomic E-state index is 12.6. The lowest BCUT2D eigenvalue weighted by Crippen LogP contribution is -2.13. The minimum Gasteiger partial charge on any atom is -0.309 e. The van der Waals surface area contributed by atoms with Gasteiger partial charge in [0.25, 0.3) is 0 Å². The van der Waals surface area contributed by atoms with Crippen molar-refractivity contribution in [2.24, 2.45) is 0 Å². The molecule has 0 N–H and O–H groups in total.